The Hall–Kier alpha value is -1.09. The van der Waals surface area contributed by atoms with E-state index in [-0.39, 0.29) is 0 Å². The fourth-order valence-corrected chi connectivity index (χ4v) is 3.04. The highest BCUT2D eigenvalue weighted by Gasteiger charge is 2.25. The predicted octanol–water partition coefficient (Wildman–Crippen LogP) is 3.84. The highest BCUT2D eigenvalue weighted by Crippen LogP contribution is 2.30. The van der Waals surface area contributed by atoms with Gasteiger partial charge < -0.3 is 4.90 Å². The summed E-state index contributed by atoms with van der Waals surface area (Å²) in [4.78, 5) is 7.66. The van der Waals surface area contributed by atoms with Gasteiger partial charge >= 0.3 is 0 Å². The van der Waals surface area contributed by atoms with Crippen LogP contribution in [0.5, 0.6) is 0 Å². The van der Waals surface area contributed by atoms with Gasteiger partial charge in [-0.3, -0.25) is 0 Å². The average Bonchev–Trinajstić information content (AvgIpc) is 2.41. The quantitative estimate of drug-likeness (QED) is 0.744. The molecule has 2 aromatic rings. The van der Waals surface area contributed by atoms with Crippen molar-refractivity contribution in [2.45, 2.75) is 18.2 Å². The van der Waals surface area contributed by atoms with Crippen LogP contribution in [0.4, 0.5) is 5.82 Å². The lowest BCUT2D eigenvalue weighted by atomic mass is 9.99. The van der Waals surface area contributed by atoms with E-state index in [1.165, 1.54) is 17.2 Å². The van der Waals surface area contributed by atoms with E-state index in [9.17, 15) is 0 Å². The Labute approximate surface area is 116 Å². The van der Waals surface area contributed by atoms with Crippen LogP contribution in [0.25, 0.3) is 10.8 Å². The summed E-state index contributed by atoms with van der Waals surface area (Å²) >= 11 is 3.76. The summed E-state index contributed by atoms with van der Waals surface area (Å²) in [7, 11) is 0. The molecule has 2 atom stereocenters. The molecule has 0 spiro atoms. The summed E-state index contributed by atoms with van der Waals surface area (Å²) < 4.78 is 0. The Bertz CT molecular complexity index is 550. The minimum atomic E-state index is 0.642. The summed E-state index contributed by atoms with van der Waals surface area (Å²) in [5, 5.41) is 2.54. The zero-order valence-corrected chi connectivity index (χ0v) is 12.1. The first-order valence-corrected chi connectivity index (χ1v) is 7.40. The van der Waals surface area contributed by atoms with Crippen LogP contribution in [0.15, 0.2) is 36.5 Å². The molecule has 2 unspecified atom stereocenters. The van der Waals surface area contributed by atoms with Gasteiger partial charge in [-0.15, -0.1) is 0 Å². The van der Waals surface area contributed by atoms with Crippen molar-refractivity contribution in [1.82, 2.24) is 4.98 Å². The molecule has 0 bridgehead atoms. The summed E-state index contributed by atoms with van der Waals surface area (Å²) in [6, 6.07) is 10.6. The molecule has 0 radical (unpaired) electrons. The van der Waals surface area contributed by atoms with Crippen LogP contribution in [-0.4, -0.2) is 22.9 Å². The maximum atomic E-state index is 4.60. The number of rotatable bonds is 1. The van der Waals surface area contributed by atoms with Gasteiger partial charge in [0.1, 0.15) is 5.82 Å². The van der Waals surface area contributed by atoms with Gasteiger partial charge in [-0.1, -0.05) is 47.1 Å². The highest BCUT2D eigenvalue weighted by molar-refractivity contribution is 9.09. The molecule has 1 saturated heterocycles. The van der Waals surface area contributed by atoms with Crippen molar-refractivity contribution in [1.29, 1.82) is 0 Å². The van der Waals surface area contributed by atoms with Crippen molar-refractivity contribution >= 4 is 32.5 Å². The molecule has 0 N–H and O–H groups in total. The second-order valence-corrected chi connectivity index (χ2v) is 6.26. The largest absolute Gasteiger partial charge is 0.356 e. The van der Waals surface area contributed by atoms with Crippen molar-refractivity contribution in [3.05, 3.63) is 36.5 Å². The number of piperidine rings is 1. The smallest absolute Gasteiger partial charge is 0.136 e. The second kappa shape index (κ2) is 4.88. The summed E-state index contributed by atoms with van der Waals surface area (Å²) in [6.45, 7) is 4.47. The Kier molecular flexibility index (Phi) is 3.25. The number of alkyl halides is 1. The molecule has 0 saturated carbocycles. The number of aromatic nitrogens is 1. The maximum Gasteiger partial charge on any atom is 0.136 e. The van der Waals surface area contributed by atoms with Gasteiger partial charge in [0.25, 0.3) is 0 Å². The predicted molar refractivity (Wildman–Crippen MR) is 80.5 cm³/mol. The second-order valence-electron chi connectivity index (χ2n) is 5.08. The monoisotopic (exact) mass is 304 g/mol. The Morgan fingerprint density at radius 1 is 1.28 bits per heavy atom. The molecule has 1 fully saturated rings. The van der Waals surface area contributed by atoms with Gasteiger partial charge in [0.2, 0.25) is 0 Å². The lowest BCUT2D eigenvalue weighted by molar-refractivity contribution is 0.464. The Morgan fingerprint density at radius 2 is 2.11 bits per heavy atom. The molecular formula is C15H17BrN2. The number of benzene rings is 1. The van der Waals surface area contributed by atoms with Gasteiger partial charge in [-0.05, 0) is 23.8 Å². The zero-order chi connectivity index (χ0) is 12.5. The van der Waals surface area contributed by atoms with E-state index in [2.05, 4.69) is 63.1 Å². The highest BCUT2D eigenvalue weighted by atomic mass is 79.9. The third kappa shape index (κ3) is 2.12. The van der Waals surface area contributed by atoms with E-state index in [1.807, 2.05) is 6.20 Å². The van der Waals surface area contributed by atoms with Crippen molar-refractivity contribution in [3.63, 3.8) is 0 Å². The molecule has 1 aromatic heterocycles. The number of nitrogens with zero attached hydrogens (tertiary/aromatic N) is 2. The first kappa shape index (κ1) is 12.0. The zero-order valence-electron chi connectivity index (χ0n) is 10.5. The lowest BCUT2D eigenvalue weighted by Crippen LogP contribution is -2.40. The molecule has 0 aliphatic carbocycles. The number of hydrogen-bond donors (Lipinski definition) is 0. The van der Waals surface area contributed by atoms with Gasteiger partial charge in [0.05, 0.1) is 0 Å². The third-order valence-electron chi connectivity index (χ3n) is 3.75. The first-order chi connectivity index (χ1) is 8.75. The van der Waals surface area contributed by atoms with E-state index in [1.54, 1.807) is 0 Å². The van der Waals surface area contributed by atoms with Crippen molar-refractivity contribution in [2.75, 3.05) is 18.0 Å². The lowest BCUT2D eigenvalue weighted by Gasteiger charge is -2.35. The third-order valence-corrected chi connectivity index (χ3v) is 5.11. The van der Waals surface area contributed by atoms with Crippen LogP contribution in [0.1, 0.15) is 13.3 Å². The molecule has 1 aromatic carbocycles. The van der Waals surface area contributed by atoms with Crippen LogP contribution < -0.4 is 4.90 Å². The average molecular weight is 305 g/mol. The molecule has 2 heterocycles. The number of hydrogen-bond acceptors (Lipinski definition) is 2. The SMILES string of the molecule is CC1CN(c2nccc3ccccc23)CCC1Br. The van der Waals surface area contributed by atoms with E-state index in [4.69, 9.17) is 0 Å². The van der Waals surface area contributed by atoms with E-state index in [0.717, 1.165) is 18.9 Å². The van der Waals surface area contributed by atoms with Crippen LogP contribution in [-0.2, 0) is 0 Å². The fourth-order valence-electron chi connectivity index (χ4n) is 2.67. The summed E-state index contributed by atoms with van der Waals surface area (Å²) in [6.07, 6.45) is 3.11. The minimum Gasteiger partial charge on any atom is -0.356 e. The van der Waals surface area contributed by atoms with Gasteiger partial charge in [0, 0.05) is 29.5 Å². The van der Waals surface area contributed by atoms with Crippen LogP contribution in [0.2, 0.25) is 0 Å². The normalized spacial score (nSPS) is 24.4. The van der Waals surface area contributed by atoms with E-state index < -0.39 is 0 Å². The molecule has 3 rings (SSSR count). The number of anilines is 1. The van der Waals surface area contributed by atoms with Gasteiger partial charge in [0.15, 0.2) is 0 Å². The molecule has 2 nitrogen and oxygen atoms in total. The molecular weight excluding hydrogens is 288 g/mol. The Balaban J connectivity index is 1.99. The van der Waals surface area contributed by atoms with E-state index >= 15 is 0 Å². The fraction of sp³-hybridized carbons (Fsp3) is 0.400. The number of fused-ring (bicyclic) bond motifs is 1. The minimum absolute atomic E-state index is 0.642. The molecule has 1 aliphatic heterocycles. The van der Waals surface area contributed by atoms with Gasteiger partial charge in [-0.25, -0.2) is 4.98 Å². The van der Waals surface area contributed by atoms with Crippen LogP contribution in [0, 0.1) is 5.92 Å². The van der Waals surface area contributed by atoms with E-state index in [0.29, 0.717) is 10.7 Å². The summed E-state index contributed by atoms with van der Waals surface area (Å²) in [5.74, 6) is 1.80. The standard InChI is InChI=1S/C15H17BrN2/c1-11-10-18(9-7-14(11)16)15-13-5-3-2-4-12(13)6-8-17-15/h2-6,8,11,14H,7,9-10H2,1H3. The molecule has 94 valence electrons. The number of halogens is 1. The molecule has 18 heavy (non-hydrogen) atoms. The van der Waals surface area contributed by atoms with Gasteiger partial charge in [-0.2, -0.15) is 0 Å². The molecule has 1 aliphatic rings. The molecule has 0 amide bonds. The summed E-state index contributed by atoms with van der Waals surface area (Å²) in [5.41, 5.74) is 0. The topological polar surface area (TPSA) is 16.1 Å². The first-order valence-electron chi connectivity index (χ1n) is 6.48. The maximum absolute atomic E-state index is 4.60. The van der Waals surface area contributed by atoms with Crippen molar-refractivity contribution < 1.29 is 0 Å². The van der Waals surface area contributed by atoms with Crippen molar-refractivity contribution in [2.24, 2.45) is 5.92 Å². The molecule has 3 heteroatoms. The van der Waals surface area contributed by atoms with Crippen LogP contribution >= 0.6 is 15.9 Å². The number of pyridine rings is 1. The van der Waals surface area contributed by atoms with Crippen molar-refractivity contribution in [3.8, 4) is 0 Å². The Morgan fingerprint density at radius 3 is 2.94 bits per heavy atom. The van der Waals surface area contributed by atoms with Crippen LogP contribution in [0.3, 0.4) is 0 Å².